The summed E-state index contributed by atoms with van der Waals surface area (Å²) in [6, 6.07) is 0. The monoisotopic (exact) mass is 214 g/mol. The lowest BCUT2D eigenvalue weighted by Crippen LogP contribution is -2.45. The molecule has 1 saturated heterocycles. The maximum atomic E-state index is 11.3. The first-order valence-corrected chi connectivity index (χ1v) is 5.80. The highest BCUT2D eigenvalue weighted by Crippen LogP contribution is 2.36. The zero-order valence-corrected chi connectivity index (χ0v) is 9.54. The largest absolute Gasteiger partial charge is 0.481 e. The smallest absolute Gasteiger partial charge is 0.309 e. The molecule has 1 aliphatic rings. The van der Waals surface area contributed by atoms with Gasteiger partial charge in [-0.15, -0.1) is 0 Å². The number of piperidine rings is 1. The molecule has 0 aliphatic carbocycles. The molecule has 15 heavy (non-hydrogen) atoms. The van der Waals surface area contributed by atoms with E-state index in [-0.39, 0.29) is 0 Å². The number of rotatable bonds is 5. The highest BCUT2D eigenvalue weighted by atomic mass is 16.4. The predicted molar refractivity (Wildman–Crippen MR) is 59.7 cm³/mol. The molecular formula is C11H22N2O2. The Balaban J connectivity index is 2.53. The summed E-state index contributed by atoms with van der Waals surface area (Å²) >= 11 is 0. The van der Waals surface area contributed by atoms with Gasteiger partial charge in [0.2, 0.25) is 0 Å². The minimum absolute atomic E-state index is 0.458. The topological polar surface area (TPSA) is 66.6 Å². The highest BCUT2D eigenvalue weighted by Gasteiger charge is 2.40. The van der Waals surface area contributed by atoms with Gasteiger partial charge in [0.15, 0.2) is 0 Å². The van der Waals surface area contributed by atoms with Gasteiger partial charge in [-0.05, 0) is 32.4 Å². The molecule has 0 spiro atoms. The van der Waals surface area contributed by atoms with E-state index in [2.05, 4.69) is 11.8 Å². The van der Waals surface area contributed by atoms with Gasteiger partial charge in [-0.2, -0.15) is 0 Å². The molecular weight excluding hydrogens is 192 g/mol. The molecule has 0 aromatic rings. The first kappa shape index (κ1) is 12.5. The number of aliphatic carboxylic acids is 1. The lowest BCUT2D eigenvalue weighted by Gasteiger charge is -2.38. The first-order valence-electron chi connectivity index (χ1n) is 5.80. The molecule has 1 aliphatic heterocycles. The van der Waals surface area contributed by atoms with E-state index in [0.29, 0.717) is 6.54 Å². The molecule has 1 heterocycles. The quantitative estimate of drug-likeness (QED) is 0.714. The van der Waals surface area contributed by atoms with Crippen LogP contribution in [0.25, 0.3) is 0 Å². The van der Waals surface area contributed by atoms with Gasteiger partial charge < -0.3 is 15.7 Å². The SMILES string of the molecule is CCCC1(C(=O)O)CCN(CCN)CC1. The summed E-state index contributed by atoms with van der Waals surface area (Å²) in [6.45, 7) is 5.36. The van der Waals surface area contributed by atoms with Gasteiger partial charge in [0, 0.05) is 13.1 Å². The molecule has 0 aromatic heterocycles. The van der Waals surface area contributed by atoms with Gasteiger partial charge in [0.25, 0.3) is 0 Å². The van der Waals surface area contributed by atoms with Crippen LogP contribution in [0, 0.1) is 5.41 Å². The van der Waals surface area contributed by atoms with Crippen LogP contribution < -0.4 is 5.73 Å². The second-order valence-electron chi connectivity index (χ2n) is 4.47. The minimum atomic E-state index is -0.614. The summed E-state index contributed by atoms with van der Waals surface area (Å²) in [5.74, 6) is -0.614. The Morgan fingerprint density at radius 3 is 2.47 bits per heavy atom. The fourth-order valence-corrected chi connectivity index (χ4v) is 2.44. The van der Waals surface area contributed by atoms with Crippen molar-refractivity contribution in [2.45, 2.75) is 32.6 Å². The summed E-state index contributed by atoms with van der Waals surface area (Å²) in [5.41, 5.74) is 5.03. The van der Waals surface area contributed by atoms with Crippen LogP contribution in [0.4, 0.5) is 0 Å². The Morgan fingerprint density at radius 1 is 1.47 bits per heavy atom. The van der Waals surface area contributed by atoms with Crippen LogP contribution in [0.3, 0.4) is 0 Å². The molecule has 1 fully saturated rings. The number of hydrogen-bond donors (Lipinski definition) is 2. The van der Waals surface area contributed by atoms with E-state index in [0.717, 1.165) is 45.3 Å². The van der Waals surface area contributed by atoms with Crippen molar-refractivity contribution >= 4 is 5.97 Å². The maximum Gasteiger partial charge on any atom is 0.309 e. The second-order valence-corrected chi connectivity index (χ2v) is 4.47. The van der Waals surface area contributed by atoms with E-state index in [1.54, 1.807) is 0 Å². The van der Waals surface area contributed by atoms with Crippen molar-refractivity contribution in [3.63, 3.8) is 0 Å². The number of hydrogen-bond acceptors (Lipinski definition) is 3. The lowest BCUT2D eigenvalue weighted by atomic mass is 9.75. The van der Waals surface area contributed by atoms with Crippen LogP contribution in [0.15, 0.2) is 0 Å². The van der Waals surface area contributed by atoms with Crippen molar-refractivity contribution in [3.05, 3.63) is 0 Å². The van der Waals surface area contributed by atoms with Crippen LogP contribution >= 0.6 is 0 Å². The summed E-state index contributed by atoms with van der Waals surface area (Å²) in [7, 11) is 0. The summed E-state index contributed by atoms with van der Waals surface area (Å²) in [6.07, 6.45) is 3.30. The number of likely N-dealkylation sites (tertiary alicyclic amines) is 1. The van der Waals surface area contributed by atoms with Crippen LogP contribution in [0.5, 0.6) is 0 Å². The molecule has 3 N–H and O–H groups in total. The molecule has 0 amide bonds. The van der Waals surface area contributed by atoms with Gasteiger partial charge in [0.1, 0.15) is 0 Å². The normalized spacial score (nSPS) is 21.5. The molecule has 88 valence electrons. The third-order valence-electron chi connectivity index (χ3n) is 3.44. The van der Waals surface area contributed by atoms with E-state index in [1.807, 2.05) is 0 Å². The van der Waals surface area contributed by atoms with Crippen molar-refractivity contribution in [3.8, 4) is 0 Å². The standard InChI is InChI=1S/C11H22N2O2/c1-2-3-11(10(14)15)4-7-13(8-5-11)9-6-12/h2-9,12H2,1H3,(H,14,15). The average Bonchev–Trinajstić information content (AvgIpc) is 2.21. The van der Waals surface area contributed by atoms with Crippen LogP contribution in [0.1, 0.15) is 32.6 Å². The number of carbonyl (C=O) groups is 1. The van der Waals surface area contributed by atoms with E-state index < -0.39 is 11.4 Å². The predicted octanol–water partition coefficient (Wildman–Crippen LogP) is 0.912. The number of carboxylic acids is 1. The summed E-state index contributed by atoms with van der Waals surface area (Å²) < 4.78 is 0. The molecule has 0 aromatic carbocycles. The number of nitrogens with zero attached hydrogens (tertiary/aromatic N) is 1. The molecule has 1 rings (SSSR count). The van der Waals surface area contributed by atoms with E-state index in [1.165, 1.54) is 0 Å². The van der Waals surface area contributed by atoms with Crippen molar-refractivity contribution in [1.29, 1.82) is 0 Å². The van der Waals surface area contributed by atoms with Crippen molar-refractivity contribution in [1.82, 2.24) is 4.90 Å². The molecule has 0 atom stereocenters. The Hall–Kier alpha value is -0.610. The van der Waals surface area contributed by atoms with Crippen molar-refractivity contribution in [2.24, 2.45) is 11.1 Å². The van der Waals surface area contributed by atoms with Gasteiger partial charge in [-0.25, -0.2) is 0 Å². The van der Waals surface area contributed by atoms with E-state index in [9.17, 15) is 9.90 Å². The fraction of sp³-hybridized carbons (Fsp3) is 0.909. The highest BCUT2D eigenvalue weighted by molar-refractivity contribution is 5.74. The fourth-order valence-electron chi connectivity index (χ4n) is 2.44. The Morgan fingerprint density at radius 2 is 2.07 bits per heavy atom. The van der Waals surface area contributed by atoms with Gasteiger partial charge in [-0.1, -0.05) is 13.3 Å². The Kier molecular flexibility index (Phi) is 4.54. The number of nitrogens with two attached hydrogens (primary N) is 1. The Bertz CT molecular complexity index is 211. The van der Waals surface area contributed by atoms with Gasteiger partial charge in [0.05, 0.1) is 5.41 Å². The van der Waals surface area contributed by atoms with E-state index >= 15 is 0 Å². The molecule has 0 unspecified atom stereocenters. The van der Waals surface area contributed by atoms with Crippen LogP contribution in [-0.2, 0) is 4.79 Å². The first-order chi connectivity index (χ1) is 7.14. The van der Waals surface area contributed by atoms with Crippen LogP contribution in [-0.4, -0.2) is 42.2 Å². The Labute approximate surface area is 91.4 Å². The second kappa shape index (κ2) is 5.47. The van der Waals surface area contributed by atoms with Crippen LogP contribution in [0.2, 0.25) is 0 Å². The zero-order chi connectivity index (χ0) is 11.3. The van der Waals surface area contributed by atoms with E-state index in [4.69, 9.17) is 5.73 Å². The van der Waals surface area contributed by atoms with Gasteiger partial charge >= 0.3 is 5.97 Å². The summed E-state index contributed by atoms with van der Waals surface area (Å²) in [5, 5.41) is 9.29. The molecule has 4 nitrogen and oxygen atoms in total. The molecule has 0 saturated carbocycles. The van der Waals surface area contributed by atoms with Gasteiger partial charge in [-0.3, -0.25) is 4.79 Å². The minimum Gasteiger partial charge on any atom is -0.481 e. The average molecular weight is 214 g/mol. The van der Waals surface area contributed by atoms with Crippen molar-refractivity contribution < 1.29 is 9.90 Å². The van der Waals surface area contributed by atoms with Crippen molar-refractivity contribution in [2.75, 3.05) is 26.2 Å². The third kappa shape index (κ3) is 2.92. The molecule has 4 heteroatoms. The summed E-state index contributed by atoms with van der Waals surface area (Å²) in [4.78, 5) is 13.5. The number of carboxylic acid groups (broad SMARTS) is 1. The third-order valence-corrected chi connectivity index (χ3v) is 3.44. The maximum absolute atomic E-state index is 11.3. The zero-order valence-electron chi connectivity index (χ0n) is 9.54. The molecule has 0 radical (unpaired) electrons. The molecule has 0 bridgehead atoms. The lowest BCUT2D eigenvalue weighted by molar-refractivity contribution is -0.152.